The van der Waals surface area contributed by atoms with E-state index in [1.165, 1.54) is 12.8 Å². The van der Waals surface area contributed by atoms with Crippen molar-refractivity contribution in [2.45, 2.75) is 19.3 Å². The first-order chi connectivity index (χ1) is 14.6. The van der Waals surface area contributed by atoms with Gasteiger partial charge in [0.15, 0.2) is 0 Å². The van der Waals surface area contributed by atoms with Crippen molar-refractivity contribution in [3.63, 3.8) is 0 Å². The van der Waals surface area contributed by atoms with Gasteiger partial charge in [-0.2, -0.15) is 0 Å². The Kier molecular flexibility index (Phi) is 5.84. The fourth-order valence-corrected chi connectivity index (χ4v) is 3.10. The number of carboxylic acid groups (broad SMARTS) is 1. The summed E-state index contributed by atoms with van der Waals surface area (Å²) in [5.74, 6) is 2.08. The highest BCUT2D eigenvalue weighted by Crippen LogP contribution is 2.33. The van der Waals surface area contributed by atoms with Gasteiger partial charge in [-0.1, -0.05) is 12.1 Å². The molecule has 3 aromatic rings. The van der Waals surface area contributed by atoms with Crippen LogP contribution in [-0.4, -0.2) is 29.8 Å². The molecule has 154 valence electrons. The van der Waals surface area contributed by atoms with Gasteiger partial charge in [0.05, 0.1) is 20.1 Å². The van der Waals surface area contributed by atoms with E-state index in [2.05, 4.69) is 4.98 Å². The second-order valence-corrected chi connectivity index (χ2v) is 7.36. The van der Waals surface area contributed by atoms with Gasteiger partial charge in [-0.05, 0) is 60.2 Å². The van der Waals surface area contributed by atoms with Crippen LogP contribution in [0.4, 0.5) is 0 Å². The molecule has 1 fully saturated rings. The first-order valence-corrected chi connectivity index (χ1v) is 9.86. The van der Waals surface area contributed by atoms with Crippen LogP contribution in [0.15, 0.2) is 60.8 Å². The first-order valence-electron chi connectivity index (χ1n) is 9.86. The molecule has 1 aliphatic carbocycles. The number of nitrogens with zero attached hydrogens (tertiary/aromatic N) is 1. The van der Waals surface area contributed by atoms with Crippen molar-refractivity contribution in [2.75, 3.05) is 13.7 Å². The Labute approximate surface area is 175 Å². The maximum Gasteiger partial charge on any atom is 0.307 e. The van der Waals surface area contributed by atoms with E-state index < -0.39 is 5.97 Å². The largest absolute Gasteiger partial charge is 0.493 e. The minimum atomic E-state index is -0.894. The summed E-state index contributed by atoms with van der Waals surface area (Å²) in [6.45, 7) is 0.649. The second-order valence-electron chi connectivity index (χ2n) is 7.36. The van der Waals surface area contributed by atoms with E-state index >= 15 is 0 Å². The predicted octanol–water partition coefficient (Wildman–Crippen LogP) is 4.97. The van der Waals surface area contributed by atoms with Crippen LogP contribution in [0, 0.1) is 5.92 Å². The lowest BCUT2D eigenvalue weighted by Crippen LogP contribution is -2.03. The smallest absolute Gasteiger partial charge is 0.307 e. The second kappa shape index (κ2) is 8.86. The molecule has 1 N–H and O–H groups in total. The third kappa shape index (κ3) is 5.29. The van der Waals surface area contributed by atoms with Gasteiger partial charge in [0, 0.05) is 23.9 Å². The zero-order valence-corrected chi connectivity index (χ0v) is 16.7. The normalized spacial score (nSPS) is 13.0. The number of ether oxygens (including phenoxy) is 3. The van der Waals surface area contributed by atoms with Crippen LogP contribution in [0.2, 0.25) is 0 Å². The summed E-state index contributed by atoms with van der Waals surface area (Å²) in [5.41, 5.74) is 2.53. The molecule has 0 amide bonds. The topological polar surface area (TPSA) is 77.9 Å². The lowest BCUT2D eigenvalue weighted by molar-refractivity contribution is -0.136. The average Bonchev–Trinajstić information content (AvgIpc) is 3.56. The van der Waals surface area contributed by atoms with Crippen LogP contribution in [0.3, 0.4) is 0 Å². The van der Waals surface area contributed by atoms with Crippen LogP contribution in [0.25, 0.3) is 11.1 Å². The molecule has 6 heteroatoms. The van der Waals surface area contributed by atoms with Gasteiger partial charge in [-0.25, -0.2) is 4.98 Å². The quantitative estimate of drug-likeness (QED) is 0.542. The van der Waals surface area contributed by atoms with Gasteiger partial charge < -0.3 is 19.3 Å². The summed E-state index contributed by atoms with van der Waals surface area (Å²) in [5, 5.41) is 9.17. The fraction of sp³-hybridized carbons (Fsp3) is 0.250. The number of aliphatic carboxylic acids is 1. The average molecular weight is 405 g/mol. The maximum atomic E-state index is 11.2. The highest BCUT2D eigenvalue weighted by atomic mass is 16.5. The van der Waals surface area contributed by atoms with Gasteiger partial charge >= 0.3 is 5.97 Å². The van der Waals surface area contributed by atoms with Crippen molar-refractivity contribution < 1.29 is 24.1 Å². The Morgan fingerprint density at radius 3 is 2.57 bits per heavy atom. The van der Waals surface area contributed by atoms with E-state index in [9.17, 15) is 4.79 Å². The molecule has 2 aromatic carbocycles. The van der Waals surface area contributed by atoms with E-state index in [0.717, 1.165) is 11.1 Å². The Morgan fingerprint density at radius 2 is 1.87 bits per heavy atom. The molecule has 0 aliphatic heterocycles. The van der Waals surface area contributed by atoms with Crippen LogP contribution >= 0.6 is 0 Å². The van der Waals surface area contributed by atoms with Crippen LogP contribution in [-0.2, 0) is 11.2 Å². The van der Waals surface area contributed by atoms with E-state index in [0.29, 0.717) is 41.2 Å². The van der Waals surface area contributed by atoms with E-state index in [1.807, 2.05) is 36.4 Å². The monoisotopic (exact) mass is 405 g/mol. The molecule has 0 atom stereocenters. The summed E-state index contributed by atoms with van der Waals surface area (Å²) in [6, 6.07) is 16.7. The Bertz CT molecular complexity index is 1030. The summed E-state index contributed by atoms with van der Waals surface area (Å²) >= 11 is 0. The van der Waals surface area contributed by atoms with Crippen LogP contribution in [0.1, 0.15) is 18.4 Å². The molecule has 4 rings (SSSR count). The predicted molar refractivity (Wildman–Crippen MR) is 112 cm³/mol. The Morgan fingerprint density at radius 1 is 1.03 bits per heavy atom. The van der Waals surface area contributed by atoms with Crippen molar-refractivity contribution in [1.82, 2.24) is 4.98 Å². The minimum Gasteiger partial charge on any atom is -0.493 e. The molecular weight excluding hydrogens is 382 g/mol. The molecule has 1 aliphatic rings. The number of aromatic nitrogens is 1. The number of pyridine rings is 1. The van der Waals surface area contributed by atoms with E-state index in [1.54, 1.807) is 31.5 Å². The fourth-order valence-electron chi connectivity index (χ4n) is 3.10. The van der Waals surface area contributed by atoms with Crippen molar-refractivity contribution in [2.24, 2.45) is 5.92 Å². The molecule has 1 saturated carbocycles. The van der Waals surface area contributed by atoms with Crippen molar-refractivity contribution in [3.05, 3.63) is 66.4 Å². The molecule has 30 heavy (non-hydrogen) atoms. The number of carbonyl (C=O) groups is 1. The summed E-state index contributed by atoms with van der Waals surface area (Å²) in [4.78, 5) is 15.4. The standard InChI is InChI=1S/C24H23NO5/c1-28-23-8-7-19(14-25-23)18-3-2-4-20(12-18)30-22-10-17(11-24(26)27)9-21(13-22)29-15-16-5-6-16/h2-4,7-10,12-14,16H,5-6,11,15H2,1H3,(H,26,27). The number of hydrogen-bond acceptors (Lipinski definition) is 5. The first kappa shape index (κ1) is 19.8. The maximum absolute atomic E-state index is 11.2. The van der Waals surface area contributed by atoms with Crippen molar-refractivity contribution >= 4 is 5.97 Å². The molecule has 0 spiro atoms. The number of rotatable bonds is 9. The Hall–Kier alpha value is -3.54. The number of methoxy groups -OCH3 is 1. The van der Waals surface area contributed by atoms with E-state index in [-0.39, 0.29) is 6.42 Å². The highest BCUT2D eigenvalue weighted by Gasteiger charge is 2.22. The molecule has 0 saturated heterocycles. The van der Waals surface area contributed by atoms with Gasteiger partial charge in [0.1, 0.15) is 17.2 Å². The van der Waals surface area contributed by atoms with Crippen LogP contribution in [0.5, 0.6) is 23.1 Å². The third-order valence-electron chi connectivity index (χ3n) is 4.83. The van der Waals surface area contributed by atoms with Gasteiger partial charge in [-0.15, -0.1) is 0 Å². The summed E-state index contributed by atoms with van der Waals surface area (Å²) < 4.78 is 17.0. The molecule has 1 aromatic heterocycles. The van der Waals surface area contributed by atoms with Gasteiger partial charge in [0.2, 0.25) is 5.88 Å². The van der Waals surface area contributed by atoms with Gasteiger partial charge in [0.25, 0.3) is 0 Å². The molecule has 0 bridgehead atoms. The molecular formula is C24H23NO5. The zero-order valence-electron chi connectivity index (χ0n) is 16.7. The lowest BCUT2D eigenvalue weighted by Gasteiger charge is -2.12. The third-order valence-corrected chi connectivity index (χ3v) is 4.83. The molecule has 0 unspecified atom stereocenters. The SMILES string of the molecule is COc1ccc(-c2cccc(Oc3cc(CC(=O)O)cc(OCC4CC4)c3)c2)cn1. The van der Waals surface area contributed by atoms with E-state index in [4.69, 9.17) is 19.3 Å². The van der Waals surface area contributed by atoms with Gasteiger partial charge in [-0.3, -0.25) is 4.79 Å². The zero-order chi connectivity index (χ0) is 20.9. The molecule has 0 radical (unpaired) electrons. The number of hydrogen-bond donors (Lipinski definition) is 1. The summed E-state index contributed by atoms with van der Waals surface area (Å²) in [6.07, 6.45) is 4.03. The summed E-state index contributed by atoms with van der Waals surface area (Å²) in [7, 11) is 1.58. The van der Waals surface area contributed by atoms with Crippen molar-refractivity contribution in [1.29, 1.82) is 0 Å². The molecule has 6 nitrogen and oxygen atoms in total. The lowest BCUT2D eigenvalue weighted by atomic mass is 10.1. The number of carboxylic acids is 1. The van der Waals surface area contributed by atoms with Crippen molar-refractivity contribution in [3.8, 4) is 34.3 Å². The Balaban J connectivity index is 1.55. The van der Waals surface area contributed by atoms with Crippen LogP contribution < -0.4 is 14.2 Å². The number of benzene rings is 2. The highest BCUT2D eigenvalue weighted by molar-refractivity contribution is 5.70. The minimum absolute atomic E-state index is 0.0887. The molecule has 1 heterocycles.